The molecule has 1 N–H and O–H groups in total. The number of hydrogen-bond acceptors (Lipinski definition) is 7. The molecule has 3 rings (SSSR count). The summed E-state index contributed by atoms with van der Waals surface area (Å²) in [6.45, 7) is 4.21. The van der Waals surface area contributed by atoms with Gasteiger partial charge in [-0.3, -0.25) is 19.8 Å². The Hall–Kier alpha value is -2.39. The lowest BCUT2D eigenvalue weighted by Gasteiger charge is -2.35. The van der Waals surface area contributed by atoms with E-state index in [1.165, 1.54) is 24.3 Å². The Kier molecular flexibility index (Phi) is 5.34. The molecule has 2 aromatic rings. The Bertz CT molecular complexity index is 760. The third-order valence-corrected chi connectivity index (χ3v) is 4.65. The van der Waals surface area contributed by atoms with Crippen LogP contribution in [-0.4, -0.2) is 59.5 Å². The lowest BCUT2D eigenvalue weighted by Crippen LogP contribution is -2.48. The number of rotatable bonds is 5. The van der Waals surface area contributed by atoms with Gasteiger partial charge in [0.1, 0.15) is 11.3 Å². The molecule has 0 bridgehead atoms. The first kappa shape index (κ1) is 17.4. The van der Waals surface area contributed by atoms with Gasteiger partial charge in [0.05, 0.1) is 12.2 Å². The zero-order valence-corrected chi connectivity index (χ0v) is 14.6. The van der Waals surface area contributed by atoms with Crippen LogP contribution < -0.4 is 10.2 Å². The predicted octanol–water partition coefficient (Wildman–Crippen LogP) is 1.64. The van der Waals surface area contributed by atoms with Crippen LogP contribution in [0, 0.1) is 5.82 Å². The average Bonchev–Trinajstić information content (AvgIpc) is 3.08. The van der Waals surface area contributed by atoms with Crippen molar-refractivity contribution >= 4 is 33.8 Å². The van der Waals surface area contributed by atoms with Gasteiger partial charge >= 0.3 is 0 Å². The molecule has 1 aliphatic rings. The highest BCUT2D eigenvalue weighted by molar-refractivity contribution is 7.13. The Balaban J connectivity index is 1.53. The molecule has 1 amide bonds. The molecule has 0 atom stereocenters. The maximum absolute atomic E-state index is 14.2. The van der Waals surface area contributed by atoms with Crippen molar-refractivity contribution in [2.24, 2.45) is 0 Å². The summed E-state index contributed by atoms with van der Waals surface area (Å²) >= 11 is 1.27. The molecule has 1 fully saturated rings. The van der Waals surface area contributed by atoms with Crippen LogP contribution in [0.15, 0.2) is 23.7 Å². The van der Waals surface area contributed by atoms with E-state index in [9.17, 15) is 14.0 Å². The Labute approximate surface area is 148 Å². The summed E-state index contributed by atoms with van der Waals surface area (Å²) in [6.07, 6.45) is 0. The normalized spacial score (nSPS) is 15.2. The van der Waals surface area contributed by atoms with Crippen molar-refractivity contribution in [1.29, 1.82) is 0 Å². The molecule has 25 heavy (non-hydrogen) atoms. The van der Waals surface area contributed by atoms with E-state index >= 15 is 0 Å². The second kappa shape index (κ2) is 7.66. The summed E-state index contributed by atoms with van der Waals surface area (Å²) in [4.78, 5) is 27.2. The van der Waals surface area contributed by atoms with E-state index in [4.69, 9.17) is 0 Å². The van der Waals surface area contributed by atoms with Gasteiger partial charge in [-0.25, -0.2) is 4.39 Å². The fraction of sp³-hybridized carbons (Fsp3) is 0.375. The first-order chi connectivity index (χ1) is 12.0. The molecule has 0 spiro atoms. The number of anilines is 2. The van der Waals surface area contributed by atoms with Gasteiger partial charge in [0, 0.05) is 31.7 Å². The van der Waals surface area contributed by atoms with E-state index in [1.54, 1.807) is 17.6 Å². The molecule has 1 aromatic carbocycles. The van der Waals surface area contributed by atoms with Gasteiger partial charge in [0.15, 0.2) is 5.78 Å². The number of aromatic nitrogens is 2. The van der Waals surface area contributed by atoms with Crippen molar-refractivity contribution in [1.82, 2.24) is 15.1 Å². The number of hydrogen-bond donors (Lipinski definition) is 1. The van der Waals surface area contributed by atoms with E-state index < -0.39 is 5.82 Å². The summed E-state index contributed by atoms with van der Waals surface area (Å²) in [6, 6.07) is 4.56. The zero-order valence-electron chi connectivity index (χ0n) is 13.7. The molecule has 0 unspecified atom stereocenters. The number of nitrogens with zero attached hydrogens (tertiary/aromatic N) is 4. The molecule has 9 heteroatoms. The molecule has 1 aliphatic heterocycles. The Morgan fingerprint density at radius 1 is 1.28 bits per heavy atom. The summed E-state index contributed by atoms with van der Waals surface area (Å²) in [5.74, 6) is -0.686. The maximum Gasteiger partial charge on any atom is 0.240 e. The quantitative estimate of drug-likeness (QED) is 0.814. The first-order valence-electron chi connectivity index (χ1n) is 7.87. The average molecular weight is 363 g/mol. The number of carbonyl (C=O) groups excluding carboxylic acids is 2. The molecular weight excluding hydrogens is 345 g/mol. The molecule has 132 valence electrons. The van der Waals surface area contributed by atoms with Gasteiger partial charge < -0.3 is 4.90 Å². The van der Waals surface area contributed by atoms with Crippen LogP contribution in [0.25, 0.3) is 0 Å². The van der Waals surface area contributed by atoms with Gasteiger partial charge in [0.25, 0.3) is 0 Å². The van der Waals surface area contributed by atoms with Crippen molar-refractivity contribution in [2.45, 2.75) is 6.92 Å². The largest absolute Gasteiger partial charge is 0.367 e. The van der Waals surface area contributed by atoms with E-state index in [0.29, 0.717) is 42.6 Å². The highest BCUT2D eigenvalue weighted by atomic mass is 32.1. The number of amides is 1. The minimum atomic E-state index is -0.393. The number of halogens is 1. The van der Waals surface area contributed by atoms with Gasteiger partial charge in [-0.2, -0.15) is 0 Å². The summed E-state index contributed by atoms with van der Waals surface area (Å²) in [5, 5.41) is 10.6. The third-order valence-electron chi connectivity index (χ3n) is 4.04. The number of carbonyl (C=O) groups is 2. The number of benzene rings is 1. The second-order valence-electron chi connectivity index (χ2n) is 5.78. The highest BCUT2D eigenvalue weighted by Gasteiger charge is 2.21. The van der Waals surface area contributed by atoms with Crippen LogP contribution in [0.2, 0.25) is 0 Å². The van der Waals surface area contributed by atoms with Crippen LogP contribution in [0.1, 0.15) is 17.3 Å². The topological polar surface area (TPSA) is 78.4 Å². The molecular formula is C16H18FN5O2S. The van der Waals surface area contributed by atoms with Gasteiger partial charge in [-0.15, -0.1) is 10.2 Å². The number of Topliss-reactive ketones (excluding diaryl/α,β-unsaturated/α-hetero) is 1. The number of nitrogens with one attached hydrogen (secondary N) is 1. The molecule has 0 radical (unpaired) electrons. The van der Waals surface area contributed by atoms with Crippen molar-refractivity contribution in [3.05, 3.63) is 35.1 Å². The molecule has 0 saturated carbocycles. The van der Waals surface area contributed by atoms with E-state index in [1.807, 2.05) is 9.80 Å². The number of piperazine rings is 1. The number of ketones is 1. The molecule has 1 aromatic heterocycles. The minimum Gasteiger partial charge on any atom is -0.367 e. The Morgan fingerprint density at radius 2 is 2.04 bits per heavy atom. The molecule has 0 aliphatic carbocycles. The van der Waals surface area contributed by atoms with Crippen molar-refractivity contribution in [3.63, 3.8) is 0 Å². The lowest BCUT2D eigenvalue weighted by atomic mass is 10.1. The van der Waals surface area contributed by atoms with Gasteiger partial charge in [-0.1, -0.05) is 11.3 Å². The standard InChI is InChI=1S/C16H18FN5O2S/c1-11(23)12-2-3-14(13(17)8-12)22-6-4-21(5-7-22)9-15(24)19-16-20-18-10-25-16/h2-3,8,10H,4-7,9H2,1H3,(H,19,20,24). The van der Waals surface area contributed by atoms with Gasteiger partial charge in [0.2, 0.25) is 11.0 Å². The predicted molar refractivity (Wildman–Crippen MR) is 93.6 cm³/mol. The monoisotopic (exact) mass is 363 g/mol. The minimum absolute atomic E-state index is 0.137. The Morgan fingerprint density at radius 3 is 2.64 bits per heavy atom. The van der Waals surface area contributed by atoms with Crippen LogP contribution in [0.3, 0.4) is 0 Å². The summed E-state index contributed by atoms with van der Waals surface area (Å²) in [7, 11) is 0. The summed E-state index contributed by atoms with van der Waals surface area (Å²) in [5.41, 5.74) is 2.41. The first-order valence-corrected chi connectivity index (χ1v) is 8.74. The van der Waals surface area contributed by atoms with Crippen LogP contribution >= 0.6 is 11.3 Å². The third kappa shape index (κ3) is 4.37. The second-order valence-corrected chi connectivity index (χ2v) is 6.61. The van der Waals surface area contributed by atoms with Gasteiger partial charge in [-0.05, 0) is 25.1 Å². The highest BCUT2D eigenvalue weighted by Crippen LogP contribution is 2.22. The SMILES string of the molecule is CC(=O)c1ccc(N2CCN(CC(=O)Nc3nncs3)CC2)c(F)c1. The van der Waals surface area contributed by atoms with Crippen molar-refractivity contribution < 1.29 is 14.0 Å². The van der Waals surface area contributed by atoms with Crippen LogP contribution in [0.4, 0.5) is 15.2 Å². The molecule has 2 heterocycles. The van der Waals surface area contributed by atoms with Crippen molar-refractivity contribution in [2.75, 3.05) is 42.9 Å². The molecule has 1 saturated heterocycles. The van der Waals surface area contributed by atoms with E-state index in [2.05, 4.69) is 15.5 Å². The van der Waals surface area contributed by atoms with Crippen LogP contribution in [0.5, 0.6) is 0 Å². The lowest BCUT2D eigenvalue weighted by molar-refractivity contribution is -0.117. The van der Waals surface area contributed by atoms with E-state index in [0.717, 1.165) is 0 Å². The fourth-order valence-corrected chi connectivity index (χ4v) is 3.18. The summed E-state index contributed by atoms with van der Waals surface area (Å²) < 4.78 is 14.2. The zero-order chi connectivity index (χ0) is 17.8. The maximum atomic E-state index is 14.2. The fourth-order valence-electron chi connectivity index (χ4n) is 2.72. The van der Waals surface area contributed by atoms with Crippen molar-refractivity contribution in [3.8, 4) is 0 Å². The molecule has 7 nitrogen and oxygen atoms in total. The van der Waals surface area contributed by atoms with Crippen LogP contribution in [-0.2, 0) is 4.79 Å². The smallest absolute Gasteiger partial charge is 0.240 e. The van der Waals surface area contributed by atoms with E-state index in [-0.39, 0.29) is 18.2 Å².